The second-order valence-corrected chi connectivity index (χ2v) is 7.58. The lowest BCUT2D eigenvalue weighted by Crippen LogP contribution is -2.21. The van der Waals surface area contributed by atoms with Gasteiger partial charge in [-0.15, -0.1) is 0 Å². The molecule has 0 aromatic heterocycles. The molecule has 24 heavy (non-hydrogen) atoms. The fourth-order valence-corrected chi connectivity index (χ4v) is 3.90. The fraction of sp³-hybridized carbons (Fsp3) is 0.650. The zero-order chi connectivity index (χ0) is 17.3. The highest BCUT2D eigenvalue weighted by atomic mass is 16.6. The highest BCUT2D eigenvalue weighted by Gasteiger charge is 2.54. The summed E-state index contributed by atoms with van der Waals surface area (Å²) in [6.07, 6.45) is 9.57. The Kier molecular flexibility index (Phi) is 4.97. The van der Waals surface area contributed by atoms with E-state index in [0.29, 0.717) is 5.57 Å². The highest BCUT2D eigenvalue weighted by molar-refractivity contribution is 5.90. The first-order valence-electron chi connectivity index (χ1n) is 8.95. The van der Waals surface area contributed by atoms with Crippen molar-refractivity contribution < 1.29 is 19.4 Å². The molecule has 2 saturated heterocycles. The maximum absolute atomic E-state index is 12.0. The molecule has 4 nitrogen and oxygen atoms in total. The average molecular weight is 332 g/mol. The minimum atomic E-state index is -0.256. The summed E-state index contributed by atoms with van der Waals surface area (Å²) in [5.41, 5.74) is 2.79. The Bertz CT molecular complexity index is 588. The molecule has 0 bridgehead atoms. The van der Waals surface area contributed by atoms with Crippen LogP contribution in [0.2, 0.25) is 0 Å². The monoisotopic (exact) mass is 332 g/mol. The summed E-state index contributed by atoms with van der Waals surface area (Å²) in [4.78, 5) is 12.0. The highest BCUT2D eigenvalue weighted by Crippen LogP contribution is 2.47. The van der Waals surface area contributed by atoms with Crippen LogP contribution in [0.5, 0.6) is 0 Å². The minimum absolute atomic E-state index is 0.0548. The average Bonchev–Trinajstić information content (AvgIpc) is 3.10. The number of ether oxygens (including phenoxy) is 2. The van der Waals surface area contributed by atoms with Crippen LogP contribution in [0.25, 0.3) is 0 Å². The molecule has 1 aliphatic carbocycles. The number of epoxide rings is 1. The summed E-state index contributed by atoms with van der Waals surface area (Å²) in [7, 11) is 0. The van der Waals surface area contributed by atoms with Crippen LogP contribution in [0.4, 0.5) is 0 Å². The Morgan fingerprint density at radius 3 is 2.92 bits per heavy atom. The van der Waals surface area contributed by atoms with E-state index in [-0.39, 0.29) is 36.3 Å². The molecule has 0 aromatic rings. The fourth-order valence-electron chi connectivity index (χ4n) is 3.90. The topological polar surface area (TPSA) is 59.1 Å². The number of hydrogen-bond donors (Lipinski definition) is 1. The smallest absolute Gasteiger partial charge is 0.334 e. The van der Waals surface area contributed by atoms with Crippen LogP contribution in [0, 0.1) is 5.92 Å². The predicted molar refractivity (Wildman–Crippen MR) is 92.4 cm³/mol. The van der Waals surface area contributed by atoms with E-state index in [1.165, 1.54) is 5.57 Å². The van der Waals surface area contributed by atoms with Crippen LogP contribution in [0.3, 0.4) is 0 Å². The van der Waals surface area contributed by atoms with Gasteiger partial charge in [0.25, 0.3) is 0 Å². The maximum atomic E-state index is 12.0. The van der Waals surface area contributed by atoms with Gasteiger partial charge in [0.2, 0.25) is 0 Å². The van der Waals surface area contributed by atoms with Crippen LogP contribution in [-0.4, -0.2) is 35.5 Å². The SMILES string of the molecule is C=C1C(=O)OC2CC(C)=CCCC(CO)=CCCC3(C)OC3CC12. The van der Waals surface area contributed by atoms with E-state index in [0.717, 1.165) is 44.1 Å². The van der Waals surface area contributed by atoms with E-state index in [2.05, 4.69) is 32.6 Å². The van der Waals surface area contributed by atoms with E-state index in [1.807, 2.05) is 0 Å². The summed E-state index contributed by atoms with van der Waals surface area (Å²) in [5, 5.41) is 9.50. The number of carbonyl (C=O) groups excluding carboxylic acids is 1. The van der Waals surface area contributed by atoms with Crippen molar-refractivity contribution >= 4 is 5.97 Å². The third kappa shape index (κ3) is 3.65. The number of hydrogen-bond acceptors (Lipinski definition) is 4. The summed E-state index contributed by atoms with van der Waals surface area (Å²) in [6.45, 7) is 8.29. The molecule has 2 aliphatic heterocycles. The molecule has 0 radical (unpaired) electrons. The van der Waals surface area contributed by atoms with Crippen molar-refractivity contribution in [2.45, 2.75) is 70.2 Å². The molecule has 4 unspecified atom stereocenters. The van der Waals surface area contributed by atoms with Gasteiger partial charge in [0.1, 0.15) is 6.10 Å². The van der Waals surface area contributed by atoms with Gasteiger partial charge in [-0.25, -0.2) is 4.79 Å². The number of fused-ring (bicyclic) bond motifs is 2. The predicted octanol–water partition coefficient (Wildman–Crippen LogP) is 3.46. The van der Waals surface area contributed by atoms with Crippen LogP contribution < -0.4 is 0 Å². The molecule has 0 spiro atoms. The zero-order valence-corrected chi connectivity index (χ0v) is 14.7. The lowest BCUT2D eigenvalue weighted by atomic mass is 9.85. The Balaban J connectivity index is 1.78. The Labute approximate surface area is 144 Å². The van der Waals surface area contributed by atoms with E-state index in [1.54, 1.807) is 0 Å². The molecule has 2 heterocycles. The van der Waals surface area contributed by atoms with Crippen molar-refractivity contribution in [1.82, 2.24) is 0 Å². The maximum Gasteiger partial charge on any atom is 0.334 e. The lowest BCUT2D eigenvalue weighted by Gasteiger charge is -2.18. The molecule has 0 amide bonds. The van der Waals surface area contributed by atoms with Crippen LogP contribution >= 0.6 is 0 Å². The van der Waals surface area contributed by atoms with E-state index in [9.17, 15) is 9.90 Å². The number of esters is 1. The molecular formula is C20H28O4. The summed E-state index contributed by atoms with van der Waals surface area (Å²) in [5.74, 6) is -0.201. The molecule has 4 atom stereocenters. The second kappa shape index (κ2) is 6.85. The van der Waals surface area contributed by atoms with E-state index < -0.39 is 0 Å². The molecule has 4 heteroatoms. The van der Waals surface area contributed by atoms with Gasteiger partial charge in [0, 0.05) is 17.9 Å². The second-order valence-electron chi connectivity index (χ2n) is 7.58. The van der Waals surface area contributed by atoms with Gasteiger partial charge in [-0.1, -0.05) is 24.3 Å². The Morgan fingerprint density at radius 2 is 2.17 bits per heavy atom. The lowest BCUT2D eigenvalue weighted by molar-refractivity contribution is -0.139. The number of aliphatic hydroxyl groups excluding tert-OH is 1. The van der Waals surface area contributed by atoms with E-state index in [4.69, 9.17) is 9.47 Å². The van der Waals surface area contributed by atoms with Crippen molar-refractivity contribution in [1.29, 1.82) is 0 Å². The molecule has 0 aromatic carbocycles. The molecule has 3 rings (SSSR count). The number of aliphatic hydroxyl groups is 1. The Hall–Kier alpha value is -1.39. The van der Waals surface area contributed by atoms with Crippen LogP contribution in [0.15, 0.2) is 35.5 Å². The normalized spacial score (nSPS) is 37.5. The van der Waals surface area contributed by atoms with Crippen molar-refractivity contribution in [3.05, 3.63) is 35.5 Å². The largest absolute Gasteiger partial charge is 0.458 e. The van der Waals surface area contributed by atoms with Gasteiger partial charge < -0.3 is 14.6 Å². The van der Waals surface area contributed by atoms with Gasteiger partial charge in [-0.3, -0.25) is 0 Å². The van der Waals surface area contributed by atoms with Crippen molar-refractivity contribution in [3.8, 4) is 0 Å². The third-order valence-corrected chi connectivity index (χ3v) is 5.68. The number of carbonyl (C=O) groups is 1. The minimum Gasteiger partial charge on any atom is -0.458 e. The molecular weight excluding hydrogens is 304 g/mol. The van der Waals surface area contributed by atoms with Crippen molar-refractivity contribution in [2.24, 2.45) is 5.92 Å². The van der Waals surface area contributed by atoms with Gasteiger partial charge in [0.15, 0.2) is 0 Å². The molecule has 1 N–H and O–H groups in total. The van der Waals surface area contributed by atoms with Gasteiger partial charge in [0.05, 0.1) is 18.3 Å². The first-order valence-corrected chi connectivity index (χ1v) is 8.95. The molecule has 0 saturated carbocycles. The number of allylic oxidation sites excluding steroid dienone is 2. The van der Waals surface area contributed by atoms with Crippen molar-refractivity contribution in [2.75, 3.05) is 6.61 Å². The first kappa shape index (κ1) is 17.4. The zero-order valence-electron chi connectivity index (χ0n) is 14.7. The molecule has 132 valence electrons. The summed E-state index contributed by atoms with van der Waals surface area (Å²) >= 11 is 0. The van der Waals surface area contributed by atoms with Gasteiger partial charge in [-0.2, -0.15) is 0 Å². The van der Waals surface area contributed by atoms with Crippen LogP contribution in [-0.2, 0) is 14.3 Å². The quantitative estimate of drug-likeness (QED) is 0.346. The van der Waals surface area contributed by atoms with Gasteiger partial charge >= 0.3 is 5.97 Å². The van der Waals surface area contributed by atoms with Gasteiger partial charge in [-0.05, 0) is 51.5 Å². The van der Waals surface area contributed by atoms with Crippen molar-refractivity contribution in [3.63, 3.8) is 0 Å². The molecule has 3 aliphatic rings. The third-order valence-electron chi connectivity index (χ3n) is 5.68. The summed E-state index contributed by atoms with van der Waals surface area (Å²) < 4.78 is 11.5. The summed E-state index contributed by atoms with van der Waals surface area (Å²) in [6, 6.07) is 0. The molecule has 2 fully saturated rings. The number of rotatable bonds is 1. The Morgan fingerprint density at radius 1 is 1.38 bits per heavy atom. The van der Waals surface area contributed by atoms with E-state index >= 15 is 0 Å². The standard InChI is InChI=1S/C20H28O4/c1-13-6-4-7-15(12-21)8-5-9-20(3)18(24-20)11-16-14(2)19(22)23-17(16)10-13/h6,8,16-18,21H,2,4-5,7,9-12H2,1,3H3. The first-order chi connectivity index (χ1) is 11.4. The van der Waals surface area contributed by atoms with Crippen LogP contribution in [0.1, 0.15) is 52.4 Å².